The number of thioether (sulfide) groups is 1. The summed E-state index contributed by atoms with van der Waals surface area (Å²) in [6.07, 6.45) is 5.21. The fourth-order valence-electron chi connectivity index (χ4n) is 2.06. The van der Waals surface area contributed by atoms with Gasteiger partial charge in [0, 0.05) is 36.2 Å². The van der Waals surface area contributed by atoms with Crippen LogP contribution in [-0.2, 0) is 0 Å². The third-order valence-electron chi connectivity index (χ3n) is 2.74. The van der Waals surface area contributed by atoms with Crippen LogP contribution >= 0.6 is 11.8 Å². The van der Waals surface area contributed by atoms with Gasteiger partial charge in [0.15, 0.2) is 0 Å². The summed E-state index contributed by atoms with van der Waals surface area (Å²) in [4.78, 5) is 2.56. The molecular weight excluding hydrogens is 204 g/mol. The fourth-order valence-corrected chi connectivity index (χ4v) is 3.41. The highest BCUT2D eigenvalue weighted by Crippen LogP contribution is 2.25. The molecule has 0 spiro atoms. The highest BCUT2D eigenvalue weighted by Gasteiger charge is 2.25. The molecule has 1 aliphatic heterocycles. The van der Waals surface area contributed by atoms with Crippen molar-refractivity contribution in [2.45, 2.75) is 37.3 Å². The van der Waals surface area contributed by atoms with E-state index in [1.165, 1.54) is 13.1 Å². The van der Waals surface area contributed by atoms with Crippen molar-refractivity contribution in [2.75, 3.05) is 26.2 Å². The Morgan fingerprint density at radius 3 is 2.60 bits per heavy atom. The minimum absolute atomic E-state index is 0.587. The molecule has 15 heavy (non-hydrogen) atoms. The molecule has 0 aliphatic carbocycles. The first-order valence-corrected chi connectivity index (χ1v) is 6.61. The monoisotopic (exact) mass is 226 g/mol. The Balaban J connectivity index is 2.31. The molecule has 0 aromatic rings. The van der Waals surface area contributed by atoms with Crippen molar-refractivity contribution in [1.29, 1.82) is 0 Å². The van der Waals surface area contributed by atoms with Crippen molar-refractivity contribution < 1.29 is 0 Å². The quantitative estimate of drug-likeness (QED) is 0.576. The molecule has 0 amide bonds. The van der Waals surface area contributed by atoms with E-state index >= 15 is 0 Å². The first kappa shape index (κ1) is 12.9. The van der Waals surface area contributed by atoms with Crippen LogP contribution in [0.5, 0.6) is 0 Å². The van der Waals surface area contributed by atoms with E-state index in [0.29, 0.717) is 12.6 Å². The number of rotatable bonds is 4. The number of hydrogen-bond donors (Lipinski definition) is 1. The molecule has 1 N–H and O–H groups in total. The third-order valence-corrected chi connectivity index (χ3v) is 3.97. The molecule has 0 radical (unpaired) electrons. The summed E-state index contributed by atoms with van der Waals surface area (Å²) in [5.74, 6) is 2.61. The fraction of sp³-hybridized carbons (Fsp3) is 0.833. The second kappa shape index (κ2) is 6.42. The van der Waals surface area contributed by atoms with Gasteiger partial charge in [0.2, 0.25) is 0 Å². The van der Waals surface area contributed by atoms with E-state index in [0.717, 1.165) is 17.0 Å². The molecular formula is C12H22N2S. The van der Waals surface area contributed by atoms with E-state index in [2.05, 4.69) is 48.7 Å². The van der Waals surface area contributed by atoms with Gasteiger partial charge < -0.3 is 5.32 Å². The number of nitrogens with one attached hydrogen (secondary N) is 1. The van der Waals surface area contributed by atoms with E-state index in [9.17, 15) is 0 Å². The lowest BCUT2D eigenvalue weighted by molar-refractivity contribution is 0.203. The molecule has 1 heterocycles. The molecule has 86 valence electrons. The lowest BCUT2D eigenvalue weighted by Gasteiger charge is -2.38. The summed E-state index contributed by atoms with van der Waals surface area (Å²) >= 11 is 2.10. The lowest BCUT2D eigenvalue weighted by Crippen LogP contribution is -2.48. The van der Waals surface area contributed by atoms with Crippen molar-refractivity contribution in [3.63, 3.8) is 0 Å². The predicted octanol–water partition coefficient (Wildman–Crippen LogP) is 1.42. The second-order valence-corrected chi connectivity index (χ2v) is 6.28. The molecule has 3 heteroatoms. The summed E-state index contributed by atoms with van der Waals surface area (Å²) in [7, 11) is 0. The average Bonchev–Trinajstić information content (AvgIpc) is 2.16. The van der Waals surface area contributed by atoms with Gasteiger partial charge in [-0.15, -0.1) is 6.42 Å². The molecule has 1 aliphatic rings. The van der Waals surface area contributed by atoms with Crippen molar-refractivity contribution in [1.82, 2.24) is 10.2 Å². The number of hydrogen-bond acceptors (Lipinski definition) is 3. The van der Waals surface area contributed by atoms with Gasteiger partial charge in [0.05, 0.1) is 6.54 Å². The molecule has 2 nitrogen and oxygen atoms in total. The molecule has 0 saturated carbocycles. The van der Waals surface area contributed by atoms with Gasteiger partial charge in [-0.3, -0.25) is 4.90 Å². The van der Waals surface area contributed by atoms with Crippen molar-refractivity contribution in [3.05, 3.63) is 0 Å². The van der Waals surface area contributed by atoms with Gasteiger partial charge in [0.1, 0.15) is 0 Å². The molecule has 0 bridgehead atoms. The Morgan fingerprint density at radius 1 is 1.47 bits per heavy atom. The summed E-state index contributed by atoms with van der Waals surface area (Å²) in [6, 6.07) is 0.587. The maximum Gasteiger partial charge on any atom is 0.0574 e. The van der Waals surface area contributed by atoms with Crippen molar-refractivity contribution in [2.24, 2.45) is 0 Å². The first-order chi connectivity index (χ1) is 7.13. The first-order valence-electron chi connectivity index (χ1n) is 5.67. The van der Waals surface area contributed by atoms with E-state index in [4.69, 9.17) is 6.42 Å². The van der Waals surface area contributed by atoms with Gasteiger partial charge in [-0.05, 0) is 6.92 Å². The van der Waals surface area contributed by atoms with Crippen LogP contribution in [0.1, 0.15) is 20.8 Å². The van der Waals surface area contributed by atoms with E-state index < -0.39 is 0 Å². The second-order valence-electron chi connectivity index (χ2n) is 4.40. The Morgan fingerprint density at radius 2 is 2.07 bits per heavy atom. The molecule has 1 rings (SSSR count). The molecule has 1 saturated heterocycles. The average molecular weight is 226 g/mol. The number of nitrogens with zero attached hydrogens (tertiary/aromatic N) is 1. The van der Waals surface area contributed by atoms with Crippen LogP contribution in [0.4, 0.5) is 0 Å². The standard InChI is InChI=1S/C12H22N2S/c1-5-6-13-7-10(2)14-8-11(3)15-12(4)9-14/h1,10-13H,6-9H2,2-4H3. The minimum atomic E-state index is 0.587. The van der Waals surface area contributed by atoms with Crippen LogP contribution in [0.3, 0.4) is 0 Å². The Kier molecular flexibility index (Phi) is 5.52. The smallest absolute Gasteiger partial charge is 0.0574 e. The van der Waals surface area contributed by atoms with Gasteiger partial charge >= 0.3 is 0 Å². The number of terminal acetylenes is 1. The third kappa shape index (κ3) is 4.46. The zero-order chi connectivity index (χ0) is 11.3. The van der Waals surface area contributed by atoms with E-state index in [1.54, 1.807) is 0 Å². The zero-order valence-corrected chi connectivity index (χ0v) is 10.8. The maximum atomic E-state index is 5.21. The van der Waals surface area contributed by atoms with Crippen LogP contribution in [-0.4, -0.2) is 47.6 Å². The molecule has 1 fully saturated rings. The highest BCUT2D eigenvalue weighted by atomic mass is 32.2. The predicted molar refractivity (Wildman–Crippen MR) is 69.3 cm³/mol. The SMILES string of the molecule is C#CCNCC(C)N1CC(C)SC(C)C1. The van der Waals surface area contributed by atoms with E-state index in [1.807, 2.05) is 0 Å². The maximum absolute atomic E-state index is 5.21. The van der Waals surface area contributed by atoms with Crippen molar-refractivity contribution >= 4 is 11.8 Å². The lowest BCUT2D eigenvalue weighted by atomic mass is 10.2. The van der Waals surface area contributed by atoms with Gasteiger partial charge in [0.25, 0.3) is 0 Å². The van der Waals surface area contributed by atoms with Gasteiger partial charge in [-0.25, -0.2) is 0 Å². The van der Waals surface area contributed by atoms with Gasteiger partial charge in [-0.2, -0.15) is 11.8 Å². The topological polar surface area (TPSA) is 15.3 Å². The Bertz CT molecular complexity index is 214. The Hall–Kier alpha value is -0.170. The van der Waals surface area contributed by atoms with E-state index in [-0.39, 0.29) is 0 Å². The normalized spacial score (nSPS) is 29.7. The molecule has 0 aromatic heterocycles. The Labute approximate surface area is 98.2 Å². The molecule has 3 unspecified atom stereocenters. The summed E-state index contributed by atoms with van der Waals surface area (Å²) < 4.78 is 0. The van der Waals surface area contributed by atoms with Crippen LogP contribution < -0.4 is 5.32 Å². The highest BCUT2D eigenvalue weighted by molar-refractivity contribution is 8.00. The van der Waals surface area contributed by atoms with Gasteiger partial charge in [-0.1, -0.05) is 19.8 Å². The molecule has 3 atom stereocenters. The summed E-state index contributed by atoms with van der Waals surface area (Å²) in [5, 5.41) is 4.78. The molecule has 0 aromatic carbocycles. The van der Waals surface area contributed by atoms with Crippen LogP contribution in [0.2, 0.25) is 0 Å². The minimum Gasteiger partial charge on any atom is -0.305 e. The van der Waals surface area contributed by atoms with Crippen molar-refractivity contribution in [3.8, 4) is 12.3 Å². The van der Waals surface area contributed by atoms with Crippen LogP contribution in [0.25, 0.3) is 0 Å². The summed E-state index contributed by atoms with van der Waals surface area (Å²) in [6.45, 7) is 11.0. The van der Waals surface area contributed by atoms with Crippen LogP contribution in [0.15, 0.2) is 0 Å². The van der Waals surface area contributed by atoms with Crippen LogP contribution in [0, 0.1) is 12.3 Å². The zero-order valence-electron chi connectivity index (χ0n) is 9.99. The summed E-state index contributed by atoms with van der Waals surface area (Å²) in [5.41, 5.74) is 0. The largest absolute Gasteiger partial charge is 0.305 e.